The number of hydrogen-bond acceptors (Lipinski definition) is 5. The van der Waals surface area contributed by atoms with E-state index >= 15 is 0 Å². The normalized spacial score (nSPS) is 10.8. The molecule has 1 heterocycles. The van der Waals surface area contributed by atoms with Crippen LogP contribution in [0.1, 0.15) is 5.56 Å². The summed E-state index contributed by atoms with van der Waals surface area (Å²) in [6.07, 6.45) is 0. The fourth-order valence-electron chi connectivity index (χ4n) is 2.43. The molecule has 3 aromatic rings. The molecule has 26 heavy (non-hydrogen) atoms. The Bertz CT molecular complexity index is 965. The van der Waals surface area contributed by atoms with Crippen LogP contribution in [-0.2, 0) is 11.4 Å². The van der Waals surface area contributed by atoms with Gasteiger partial charge >= 0.3 is 0 Å². The van der Waals surface area contributed by atoms with Gasteiger partial charge in [-0.1, -0.05) is 41.4 Å². The summed E-state index contributed by atoms with van der Waals surface area (Å²) in [5.74, 6) is 0.0918. The lowest BCUT2D eigenvalue weighted by Crippen LogP contribution is -2.32. The van der Waals surface area contributed by atoms with Gasteiger partial charge in [-0.2, -0.15) is 0 Å². The van der Waals surface area contributed by atoms with E-state index in [0.29, 0.717) is 27.2 Å². The van der Waals surface area contributed by atoms with Crippen LogP contribution in [0.25, 0.3) is 10.9 Å². The van der Waals surface area contributed by atoms with Gasteiger partial charge in [0.25, 0.3) is 0 Å². The van der Waals surface area contributed by atoms with Crippen molar-refractivity contribution in [2.45, 2.75) is 6.61 Å². The highest BCUT2D eigenvalue weighted by atomic mass is 35.5. The molecule has 0 fully saturated rings. The lowest BCUT2D eigenvalue weighted by molar-refractivity contribution is -0.117. The van der Waals surface area contributed by atoms with Crippen molar-refractivity contribution >= 4 is 45.7 Å². The van der Waals surface area contributed by atoms with Gasteiger partial charge in [-0.15, -0.1) is 10.2 Å². The highest BCUT2D eigenvalue weighted by Crippen LogP contribution is 2.34. The number of ether oxygens (including phenoxy) is 1. The summed E-state index contributed by atoms with van der Waals surface area (Å²) in [7, 11) is 1.60. The molecule has 0 unspecified atom stereocenters. The van der Waals surface area contributed by atoms with Crippen LogP contribution >= 0.6 is 23.2 Å². The minimum atomic E-state index is -0.263. The average Bonchev–Trinajstić information content (AvgIpc) is 2.66. The predicted molar refractivity (Wildman–Crippen MR) is 103 cm³/mol. The van der Waals surface area contributed by atoms with E-state index in [9.17, 15) is 4.79 Å². The van der Waals surface area contributed by atoms with Crippen LogP contribution < -0.4 is 15.4 Å². The average molecular weight is 391 g/mol. The Balaban J connectivity index is 1.85. The molecule has 0 saturated carbocycles. The quantitative estimate of drug-likeness (QED) is 0.721. The van der Waals surface area contributed by atoms with Crippen molar-refractivity contribution in [3.63, 3.8) is 0 Å². The van der Waals surface area contributed by atoms with Crippen molar-refractivity contribution in [3.05, 3.63) is 58.1 Å². The summed E-state index contributed by atoms with van der Waals surface area (Å²) in [6, 6.07) is 12.7. The Morgan fingerprint density at radius 3 is 2.73 bits per heavy atom. The van der Waals surface area contributed by atoms with E-state index in [1.165, 1.54) is 4.90 Å². The van der Waals surface area contributed by atoms with Crippen LogP contribution in [0.3, 0.4) is 0 Å². The molecule has 134 valence electrons. The van der Waals surface area contributed by atoms with E-state index < -0.39 is 0 Å². The van der Waals surface area contributed by atoms with Crippen molar-refractivity contribution in [2.24, 2.45) is 5.73 Å². The van der Waals surface area contributed by atoms with Gasteiger partial charge in [-0.05, 0) is 18.2 Å². The fourth-order valence-corrected chi connectivity index (χ4v) is 3.04. The molecule has 0 aliphatic rings. The highest BCUT2D eigenvalue weighted by molar-refractivity contribution is 6.38. The lowest BCUT2D eigenvalue weighted by atomic mass is 10.2. The number of amides is 1. The van der Waals surface area contributed by atoms with Gasteiger partial charge < -0.3 is 15.4 Å². The summed E-state index contributed by atoms with van der Waals surface area (Å²) in [4.78, 5) is 13.2. The van der Waals surface area contributed by atoms with Crippen molar-refractivity contribution in [3.8, 4) is 5.88 Å². The van der Waals surface area contributed by atoms with Gasteiger partial charge in [0.05, 0.1) is 22.8 Å². The molecule has 2 aromatic carbocycles. The molecular formula is C18H16Cl2N4O2. The van der Waals surface area contributed by atoms with E-state index in [-0.39, 0.29) is 19.1 Å². The van der Waals surface area contributed by atoms with Crippen molar-refractivity contribution in [2.75, 3.05) is 18.5 Å². The molecule has 0 radical (unpaired) electrons. The number of halogens is 2. The van der Waals surface area contributed by atoms with E-state index in [1.54, 1.807) is 25.2 Å². The minimum Gasteiger partial charge on any atom is -0.472 e. The van der Waals surface area contributed by atoms with Gasteiger partial charge in [0.15, 0.2) is 0 Å². The molecule has 3 rings (SSSR count). The van der Waals surface area contributed by atoms with Crippen molar-refractivity contribution in [1.82, 2.24) is 10.2 Å². The van der Waals surface area contributed by atoms with Gasteiger partial charge in [0, 0.05) is 29.1 Å². The first-order valence-electron chi connectivity index (χ1n) is 7.80. The monoisotopic (exact) mass is 390 g/mol. The molecule has 0 saturated heterocycles. The third kappa shape index (κ3) is 3.72. The summed E-state index contributed by atoms with van der Waals surface area (Å²) >= 11 is 12.7. The van der Waals surface area contributed by atoms with Crippen LogP contribution in [0.4, 0.5) is 5.69 Å². The van der Waals surface area contributed by atoms with Crippen LogP contribution in [0, 0.1) is 0 Å². The number of anilines is 1. The topological polar surface area (TPSA) is 81.3 Å². The molecule has 0 atom stereocenters. The molecular weight excluding hydrogens is 375 g/mol. The minimum absolute atomic E-state index is 0.0865. The third-order valence-corrected chi connectivity index (χ3v) is 4.69. The summed E-state index contributed by atoms with van der Waals surface area (Å²) in [6.45, 7) is -0.0306. The maximum absolute atomic E-state index is 11.8. The second-order valence-electron chi connectivity index (χ2n) is 5.55. The van der Waals surface area contributed by atoms with Crippen LogP contribution in [0.15, 0.2) is 42.5 Å². The molecule has 1 amide bonds. The fraction of sp³-hybridized carbons (Fsp3) is 0.167. The number of nitrogens with two attached hydrogens (primary N) is 1. The lowest BCUT2D eigenvalue weighted by Gasteiger charge is -2.20. The second kappa shape index (κ2) is 7.86. The maximum Gasteiger partial charge on any atom is 0.240 e. The molecule has 1 aromatic heterocycles. The highest BCUT2D eigenvalue weighted by Gasteiger charge is 2.18. The first-order valence-corrected chi connectivity index (χ1v) is 8.55. The van der Waals surface area contributed by atoms with Gasteiger partial charge in [0.1, 0.15) is 6.61 Å². The molecule has 0 aliphatic heterocycles. The molecule has 6 nitrogen and oxygen atoms in total. The Hall–Kier alpha value is -2.41. The number of benzene rings is 2. The smallest absolute Gasteiger partial charge is 0.240 e. The summed E-state index contributed by atoms with van der Waals surface area (Å²) in [5.41, 5.74) is 7.25. The number of hydrogen-bond donors (Lipinski definition) is 1. The third-order valence-electron chi connectivity index (χ3n) is 3.91. The Morgan fingerprint density at radius 2 is 1.96 bits per heavy atom. The standard InChI is InChI=1S/C18H16Cl2N4O2/c1-24(17(25)9-21)15-7-6-13(19)12(18(15)20)10-26-16-8-11-4-2-3-5-14(11)22-23-16/h2-8H,9-10,21H2,1H3. The van der Waals surface area contributed by atoms with Crippen LogP contribution in [-0.4, -0.2) is 29.7 Å². The Labute approximate surface area is 160 Å². The zero-order chi connectivity index (χ0) is 18.7. The van der Waals surface area contributed by atoms with Crippen LogP contribution in [0.2, 0.25) is 10.0 Å². The Kier molecular flexibility index (Phi) is 5.56. The zero-order valence-corrected chi connectivity index (χ0v) is 15.5. The van der Waals surface area contributed by atoms with E-state index in [2.05, 4.69) is 10.2 Å². The number of rotatable bonds is 5. The molecule has 0 spiro atoms. The van der Waals surface area contributed by atoms with E-state index in [0.717, 1.165) is 10.9 Å². The number of aromatic nitrogens is 2. The summed E-state index contributed by atoms with van der Waals surface area (Å²) in [5, 5.41) is 9.83. The number of nitrogens with zero attached hydrogens (tertiary/aromatic N) is 3. The zero-order valence-electron chi connectivity index (χ0n) is 13.9. The van der Waals surface area contributed by atoms with Gasteiger partial charge in [-0.3, -0.25) is 4.79 Å². The second-order valence-corrected chi connectivity index (χ2v) is 6.33. The number of carbonyl (C=O) groups excluding carboxylic acids is 1. The predicted octanol–water partition coefficient (Wildman–Crippen LogP) is 3.44. The molecule has 8 heteroatoms. The largest absolute Gasteiger partial charge is 0.472 e. The van der Waals surface area contributed by atoms with Gasteiger partial charge in [-0.25, -0.2) is 0 Å². The number of fused-ring (bicyclic) bond motifs is 1. The van der Waals surface area contributed by atoms with E-state index in [4.69, 9.17) is 33.7 Å². The van der Waals surface area contributed by atoms with Crippen molar-refractivity contribution < 1.29 is 9.53 Å². The van der Waals surface area contributed by atoms with Gasteiger partial charge in [0.2, 0.25) is 11.8 Å². The number of carbonyl (C=O) groups is 1. The SMILES string of the molecule is CN(C(=O)CN)c1ccc(Cl)c(COc2cc3ccccc3nn2)c1Cl. The van der Waals surface area contributed by atoms with Crippen LogP contribution in [0.5, 0.6) is 5.88 Å². The maximum atomic E-state index is 11.8. The molecule has 0 bridgehead atoms. The Morgan fingerprint density at radius 1 is 1.19 bits per heavy atom. The van der Waals surface area contributed by atoms with E-state index in [1.807, 2.05) is 24.3 Å². The number of likely N-dealkylation sites (N-methyl/N-ethyl adjacent to an activating group) is 1. The molecule has 2 N–H and O–H groups in total. The van der Waals surface area contributed by atoms with Crippen molar-refractivity contribution in [1.29, 1.82) is 0 Å². The molecule has 0 aliphatic carbocycles. The first-order chi connectivity index (χ1) is 12.5. The first kappa shape index (κ1) is 18.4. The summed E-state index contributed by atoms with van der Waals surface area (Å²) < 4.78 is 5.71.